The molecule has 8 heteroatoms. The highest BCUT2D eigenvalue weighted by Gasteiger charge is 2.51. The second-order valence-corrected chi connectivity index (χ2v) is 6.70. The molecule has 3 fully saturated rings. The molecule has 4 aliphatic heterocycles. The van der Waals surface area contributed by atoms with Crippen LogP contribution in [0, 0.1) is 5.92 Å². The lowest BCUT2D eigenvalue weighted by Gasteiger charge is -2.50. The standard InChI is InChI=1S/C16H19N7O/c1-4-22-5-2-12(1)16(9-22)8-18-15(24-16)21-13-7-14(20-10-19-13)23-6-3-17-11-23/h3,6-7,10-12H,1-2,4-5,8-9H2,(H,18,19,20,21). The van der Waals surface area contributed by atoms with E-state index in [1.165, 1.54) is 32.3 Å². The molecule has 1 N–H and O–H groups in total. The third kappa shape index (κ3) is 2.25. The second-order valence-electron chi connectivity index (χ2n) is 6.70. The number of imidazole rings is 1. The third-order valence-electron chi connectivity index (χ3n) is 5.27. The molecule has 6 rings (SSSR count). The zero-order chi connectivity index (χ0) is 16.0. The van der Waals surface area contributed by atoms with Crippen LogP contribution in [-0.4, -0.2) is 62.2 Å². The van der Waals surface area contributed by atoms with Gasteiger partial charge in [0.05, 0.1) is 6.54 Å². The van der Waals surface area contributed by atoms with E-state index in [2.05, 4.69) is 30.2 Å². The highest BCUT2D eigenvalue weighted by molar-refractivity contribution is 5.89. The van der Waals surface area contributed by atoms with Gasteiger partial charge < -0.3 is 4.74 Å². The molecule has 1 atom stereocenters. The zero-order valence-corrected chi connectivity index (χ0v) is 13.3. The molecule has 0 amide bonds. The fourth-order valence-corrected chi connectivity index (χ4v) is 4.01. The topological polar surface area (TPSA) is 80.5 Å². The Morgan fingerprint density at radius 2 is 2.17 bits per heavy atom. The third-order valence-corrected chi connectivity index (χ3v) is 5.27. The largest absolute Gasteiger partial charge is 0.455 e. The Balaban J connectivity index is 1.32. The predicted octanol–water partition coefficient (Wildman–Crippen LogP) is 0.925. The summed E-state index contributed by atoms with van der Waals surface area (Å²) >= 11 is 0. The van der Waals surface area contributed by atoms with Crippen molar-refractivity contribution >= 4 is 11.8 Å². The van der Waals surface area contributed by atoms with Gasteiger partial charge in [-0.3, -0.25) is 14.8 Å². The Bertz CT molecular complexity index is 766. The minimum absolute atomic E-state index is 0.140. The SMILES string of the molecule is c1cn(-c2cc(NC3=NCC4(CN5CCC4CC5)O3)ncn2)cn1. The van der Waals surface area contributed by atoms with Crippen LogP contribution in [-0.2, 0) is 4.74 Å². The average molecular weight is 325 g/mol. The smallest absolute Gasteiger partial charge is 0.291 e. The van der Waals surface area contributed by atoms with Crippen LogP contribution >= 0.6 is 0 Å². The van der Waals surface area contributed by atoms with Crippen LogP contribution in [0.1, 0.15) is 12.8 Å². The molecule has 1 spiro atoms. The number of aromatic nitrogens is 4. The number of rotatable bonds is 2. The molecule has 2 aromatic rings. The monoisotopic (exact) mass is 325 g/mol. The highest BCUT2D eigenvalue weighted by atomic mass is 16.5. The van der Waals surface area contributed by atoms with E-state index in [1.807, 2.05) is 16.8 Å². The Kier molecular flexibility index (Phi) is 3.05. The van der Waals surface area contributed by atoms with E-state index in [9.17, 15) is 0 Å². The van der Waals surface area contributed by atoms with E-state index >= 15 is 0 Å². The second kappa shape index (κ2) is 5.27. The molecule has 6 heterocycles. The normalized spacial score (nSPS) is 31.1. The predicted molar refractivity (Wildman–Crippen MR) is 88.1 cm³/mol. The fraction of sp³-hybridized carbons (Fsp3) is 0.500. The van der Waals surface area contributed by atoms with E-state index in [1.54, 1.807) is 12.5 Å². The highest BCUT2D eigenvalue weighted by Crippen LogP contribution is 2.40. The van der Waals surface area contributed by atoms with Crippen molar-refractivity contribution in [1.29, 1.82) is 0 Å². The molecule has 0 radical (unpaired) electrons. The zero-order valence-electron chi connectivity index (χ0n) is 13.3. The molecule has 0 aromatic carbocycles. The number of nitrogens with zero attached hydrogens (tertiary/aromatic N) is 6. The maximum Gasteiger partial charge on any atom is 0.291 e. The van der Waals surface area contributed by atoms with Gasteiger partial charge in [0.1, 0.15) is 29.9 Å². The van der Waals surface area contributed by atoms with E-state index in [0.29, 0.717) is 17.8 Å². The number of aliphatic imine (C=N–C) groups is 1. The summed E-state index contributed by atoms with van der Waals surface area (Å²) < 4.78 is 8.11. The van der Waals surface area contributed by atoms with Gasteiger partial charge in [-0.25, -0.2) is 19.9 Å². The molecule has 2 aromatic heterocycles. The van der Waals surface area contributed by atoms with Gasteiger partial charge in [0.2, 0.25) is 0 Å². The number of fused-ring (bicyclic) bond motifs is 2. The maximum atomic E-state index is 6.28. The van der Waals surface area contributed by atoms with Crippen molar-refractivity contribution in [2.75, 3.05) is 31.5 Å². The first kappa shape index (κ1) is 13.9. The van der Waals surface area contributed by atoms with E-state index < -0.39 is 0 Å². The minimum Gasteiger partial charge on any atom is -0.455 e. The minimum atomic E-state index is -0.140. The summed E-state index contributed by atoms with van der Waals surface area (Å²) in [6.45, 7) is 4.10. The summed E-state index contributed by atoms with van der Waals surface area (Å²) in [4.78, 5) is 19.6. The fourth-order valence-electron chi connectivity index (χ4n) is 4.01. The molecule has 2 bridgehead atoms. The average Bonchev–Trinajstić information content (AvgIpc) is 3.27. The molecule has 124 valence electrons. The summed E-state index contributed by atoms with van der Waals surface area (Å²) in [5, 5.41) is 3.20. The van der Waals surface area contributed by atoms with Crippen molar-refractivity contribution in [3.63, 3.8) is 0 Å². The quantitative estimate of drug-likeness (QED) is 0.884. The number of amidine groups is 1. The first-order valence-electron chi connectivity index (χ1n) is 8.34. The van der Waals surface area contributed by atoms with Crippen molar-refractivity contribution in [2.24, 2.45) is 10.9 Å². The first-order chi connectivity index (χ1) is 11.8. The number of nitrogens with one attached hydrogen (secondary N) is 1. The van der Waals surface area contributed by atoms with Crippen LogP contribution in [0.5, 0.6) is 0 Å². The van der Waals surface area contributed by atoms with Gasteiger partial charge in [-0.15, -0.1) is 0 Å². The molecule has 3 saturated heterocycles. The Hall–Kier alpha value is -2.48. The van der Waals surface area contributed by atoms with Crippen LogP contribution < -0.4 is 5.32 Å². The van der Waals surface area contributed by atoms with E-state index in [0.717, 1.165) is 18.9 Å². The van der Waals surface area contributed by atoms with Crippen LogP contribution in [0.15, 0.2) is 36.1 Å². The molecular formula is C16H19N7O. The molecule has 0 aliphatic carbocycles. The van der Waals surface area contributed by atoms with Crippen molar-refractivity contribution < 1.29 is 4.74 Å². The lowest BCUT2D eigenvalue weighted by Crippen LogP contribution is -2.61. The number of piperidine rings is 3. The molecular weight excluding hydrogens is 306 g/mol. The number of anilines is 1. The molecule has 24 heavy (non-hydrogen) atoms. The van der Waals surface area contributed by atoms with Gasteiger partial charge in [0.25, 0.3) is 6.02 Å². The van der Waals surface area contributed by atoms with Crippen molar-refractivity contribution in [3.05, 3.63) is 31.1 Å². The van der Waals surface area contributed by atoms with Gasteiger partial charge in [-0.05, 0) is 25.9 Å². The molecule has 1 unspecified atom stereocenters. The number of hydrogen-bond acceptors (Lipinski definition) is 7. The summed E-state index contributed by atoms with van der Waals surface area (Å²) in [5.41, 5.74) is -0.140. The summed E-state index contributed by atoms with van der Waals surface area (Å²) in [6.07, 6.45) is 9.21. The van der Waals surface area contributed by atoms with Crippen molar-refractivity contribution in [2.45, 2.75) is 18.4 Å². The molecule has 0 saturated carbocycles. The summed E-state index contributed by atoms with van der Waals surface area (Å²) in [5.74, 6) is 2.03. The lowest BCUT2D eigenvalue weighted by atomic mass is 9.75. The van der Waals surface area contributed by atoms with Crippen molar-refractivity contribution in [1.82, 2.24) is 24.4 Å². The van der Waals surface area contributed by atoms with Gasteiger partial charge in [-0.2, -0.15) is 0 Å². The van der Waals surface area contributed by atoms with Gasteiger partial charge in [-0.1, -0.05) is 0 Å². The summed E-state index contributed by atoms with van der Waals surface area (Å²) in [7, 11) is 0. The number of ether oxygens (including phenoxy) is 1. The van der Waals surface area contributed by atoms with Gasteiger partial charge in [0, 0.05) is 30.9 Å². The first-order valence-corrected chi connectivity index (χ1v) is 8.34. The Morgan fingerprint density at radius 3 is 2.92 bits per heavy atom. The van der Waals surface area contributed by atoms with Crippen LogP contribution in [0.25, 0.3) is 5.82 Å². The Morgan fingerprint density at radius 1 is 1.25 bits per heavy atom. The van der Waals surface area contributed by atoms with Gasteiger partial charge >= 0.3 is 0 Å². The van der Waals surface area contributed by atoms with Crippen LogP contribution in [0.4, 0.5) is 5.82 Å². The molecule has 8 nitrogen and oxygen atoms in total. The summed E-state index contributed by atoms with van der Waals surface area (Å²) in [6, 6.07) is 2.42. The van der Waals surface area contributed by atoms with Gasteiger partial charge in [0.15, 0.2) is 0 Å². The van der Waals surface area contributed by atoms with E-state index in [4.69, 9.17) is 4.74 Å². The lowest BCUT2D eigenvalue weighted by molar-refractivity contribution is -0.0829. The van der Waals surface area contributed by atoms with Crippen LogP contribution in [0.3, 0.4) is 0 Å². The number of hydrogen-bond donors (Lipinski definition) is 1. The molecule has 4 aliphatic rings. The van der Waals surface area contributed by atoms with Crippen molar-refractivity contribution in [3.8, 4) is 5.82 Å². The maximum absolute atomic E-state index is 6.28. The van der Waals surface area contributed by atoms with Crippen LogP contribution in [0.2, 0.25) is 0 Å². The van der Waals surface area contributed by atoms with E-state index in [-0.39, 0.29) is 5.60 Å². The Labute approximate surface area is 139 Å².